The van der Waals surface area contributed by atoms with Crippen molar-refractivity contribution >= 4 is 69.6 Å². The van der Waals surface area contributed by atoms with Crippen LogP contribution in [0.5, 0.6) is 11.5 Å². The molecule has 2 aromatic carbocycles. The zero-order valence-corrected chi connectivity index (χ0v) is 17.0. The first-order valence-electron chi connectivity index (χ1n) is 4.91. The molecular weight excluding hydrogens is 412 g/mol. The van der Waals surface area contributed by atoms with E-state index in [-0.39, 0.29) is 67.6 Å². The summed E-state index contributed by atoms with van der Waals surface area (Å²) in [6, 6.07) is 6.67. The number of phenols is 2. The Morgan fingerprint density at radius 3 is 1.38 bits per heavy atom. The predicted octanol–water partition coefficient (Wildman–Crippen LogP) is 3.82. The summed E-state index contributed by atoms with van der Waals surface area (Å²) in [4.78, 5) is 0. The van der Waals surface area contributed by atoms with Gasteiger partial charge in [0, 0.05) is 0 Å². The van der Waals surface area contributed by atoms with Crippen molar-refractivity contribution in [3.05, 3.63) is 54.4 Å². The third-order valence-electron chi connectivity index (χ3n) is 2.04. The van der Waals surface area contributed by atoms with Gasteiger partial charge in [0.05, 0.1) is 20.1 Å². The van der Waals surface area contributed by atoms with Gasteiger partial charge in [0.2, 0.25) is 0 Å². The van der Waals surface area contributed by atoms with Gasteiger partial charge in [-0.1, -0.05) is 81.7 Å². The van der Waals surface area contributed by atoms with Gasteiger partial charge in [0.15, 0.2) is 5.75 Å². The molecule has 0 atom stereocenters. The second kappa shape index (κ2) is 9.82. The summed E-state index contributed by atoms with van der Waals surface area (Å²) >= 11 is 33.4. The minimum atomic E-state index is -0.363. The van der Waals surface area contributed by atoms with Crippen molar-refractivity contribution in [2.24, 2.45) is 0 Å². The van der Waals surface area contributed by atoms with Gasteiger partial charge in [-0.05, 0) is 12.1 Å². The van der Waals surface area contributed by atoms with Crippen molar-refractivity contribution in [1.82, 2.24) is 0 Å². The quantitative estimate of drug-likeness (QED) is 0.388. The smallest absolute Gasteiger partial charge is 1.00 e. The van der Waals surface area contributed by atoms with Crippen molar-refractivity contribution in [3.63, 3.8) is 0 Å². The molecule has 0 aromatic heterocycles. The Hall–Kier alpha value is 0.780. The number of benzene rings is 2. The summed E-state index contributed by atoms with van der Waals surface area (Å²) in [5.74, 6) is -0.230. The maximum absolute atomic E-state index is 9.20. The molecule has 0 aliphatic carbocycles. The van der Waals surface area contributed by atoms with Gasteiger partial charge < -0.3 is 11.6 Å². The van der Waals surface area contributed by atoms with Gasteiger partial charge >= 0.3 is 29.6 Å². The Bertz CT molecular complexity index is 515. The topological polar surface area (TPSA) is 40.5 Å². The van der Waals surface area contributed by atoms with E-state index in [1.54, 1.807) is 24.3 Å². The number of hydrogen-bond acceptors (Lipinski definition) is 2. The molecule has 0 amide bonds. The molecular formula is C12H7Cl6NaO2. The van der Waals surface area contributed by atoms with E-state index < -0.39 is 0 Å². The van der Waals surface area contributed by atoms with Crippen molar-refractivity contribution in [3.8, 4) is 11.5 Å². The molecule has 2 rings (SSSR count). The molecule has 0 aliphatic heterocycles. The average Bonchev–Trinajstić information content (AvgIpc) is 2.45. The van der Waals surface area contributed by atoms with E-state index in [9.17, 15) is 5.11 Å². The van der Waals surface area contributed by atoms with E-state index in [2.05, 4.69) is 0 Å². The molecule has 0 fully saturated rings. The van der Waals surface area contributed by atoms with Crippen LogP contribution in [0.15, 0.2) is 24.3 Å². The number of halogens is 6. The summed E-state index contributed by atoms with van der Waals surface area (Å²) < 4.78 is 0. The zero-order chi connectivity index (χ0) is 15.4. The van der Waals surface area contributed by atoms with E-state index >= 15 is 0 Å². The van der Waals surface area contributed by atoms with Crippen molar-refractivity contribution in [2.45, 2.75) is 0 Å². The molecule has 0 saturated heterocycles. The van der Waals surface area contributed by atoms with Gasteiger partial charge in [0.1, 0.15) is 15.8 Å². The van der Waals surface area contributed by atoms with Crippen LogP contribution in [-0.2, 0) is 0 Å². The minimum Gasteiger partial charge on any atom is -1.00 e. The largest absolute Gasteiger partial charge is 1.00 e. The third kappa shape index (κ3) is 5.72. The maximum Gasteiger partial charge on any atom is 1.00 e. The molecule has 0 bridgehead atoms. The first-order valence-corrected chi connectivity index (χ1v) is 7.18. The van der Waals surface area contributed by atoms with Crippen LogP contribution in [0, 0.1) is 0 Å². The molecule has 0 heterocycles. The van der Waals surface area contributed by atoms with E-state index in [1.807, 2.05) is 0 Å². The second-order valence-electron chi connectivity index (χ2n) is 3.37. The Labute approximate surface area is 175 Å². The first kappa shape index (κ1) is 21.8. The van der Waals surface area contributed by atoms with Gasteiger partial charge in [-0.2, -0.15) is 0 Å². The Morgan fingerprint density at radius 1 is 0.667 bits per heavy atom. The minimum absolute atomic E-state index is 0. The third-order valence-corrected chi connectivity index (χ3v) is 4.62. The van der Waals surface area contributed by atoms with E-state index in [0.717, 1.165) is 0 Å². The fraction of sp³-hybridized carbons (Fsp3) is 0. The van der Waals surface area contributed by atoms with Crippen molar-refractivity contribution in [1.29, 1.82) is 0 Å². The van der Waals surface area contributed by atoms with Gasteiger partial charge in [-0.15, -0.1) is 0 Å². The summed E-state index contributed by atoms with van der Waals surface area (Å²) in [6.07, 6.45) is 0. The maximum atomic E-state index is 9.20. The SMILES string of the molecule is Oc1c(Cl)c(Cl)c(Cl)c(Cl)c1Cl.Oc1ccccc1Cl.[H-].[Na+]. The number of para-hydroxylation sites is 1. The summed E-state index contributed by atoms with van der Waals surface area (Å²) in [5.41, 5.74) is 0. The zero-order valence-electron chi connectivity index (χ0n) is 11.5. The van der Waals surface area contributed by atoms with Gasteiger partial charge in [0.25, 0.3) is 0 Å². The molecule has 0 spiro atoms. The van der Waals surface area contributed by atoms with Crippen LogP contribution in [0.25, 0.3) is 0 Å². The summed E-state index contributed by atoms with van der Waals surface area (Å²) in [6.45, 7) is 0. The second-order valence-corrected chi connectivity index (χ2v) is 5.67. The van der Waals surface area contributed by atoms with Crippen LogP contribution >= 0.6 is 69.6 Å². The van der Waals surface area contributed by atoms with Gasteiger partial charge in [-0.25, -0.2) is 0 Å². The summed E-state index contributed by atoms with van der Waals surface area (Å²) in [7, 11) is 0. The molecule has 21 heavy (non-hydrogen) atoms. The normalized spacial score (nSPS) is 9.43. The van der Waals surface area contributed by atoms with Gasteiger partial charge in [-0.3, -0.25) is 0 Å². The van der Waals surface area contributed by atoms with E-state index in [4.69, 9.17) is 74.7 Å². The number of hydrogen-bond donors (Lipinski definition) is 2. The molecule has 0 aliphatic rings. The monoisotopic (exact) mass is 416 g/mol. The molecule has 9 heteroatoms. The Kier molecular flexibility index (Phi) is 10.2. The van der Waals surface area contributed by atoms with Crippen LogP contribution in [-0.4, -0.2) is 10.2 Å². The molecule has 0 radical (unpaired) electrons. The van der Waals surface area contributed by atoms with Crippen LogP contribution < -0.4 is 29.6 Å². The van der Waals surface area contributed by atoms with Crippen LogP contribution in [0.1, 0.15) is 1.43 Å². The van der Waals surface area contributed by atoms with E-state index in [0.29, 0.717) is 5.02 Å². The van der Waals surface area contributed by atoms with Crippen molar-refractivity contribution in [2.75, 3.05) is 0 Å². The molecule has 0 saturated carbocycles. The average molecular weight is 419 g/mol. The molecule has 2 nitrogen and oxygen atoms in total. The fourth-order valence-corrected chi connectivity index (χ4v) is 2.31. The predicted molar refractivity (Wildman–Crippen MR) is 87.4 cm³/mol. The molecule has 2 aromatic rings. The molecule has 2 N–H and O–H groups in total. The molecule has 110 valence electrons. The fourth-order valence-electron chi connectivity index (χ4n) is 1.05. The Balaban J connectivity index is 0. The van der Waals surface area contributed by atoms with Crippen LogP contribution in [0.4, 0.5) is 0 Å². The molecule has 0 unspecified atom stereocenters. The standard InChI is InChI=1S/C6HCl5O.C6H5ClO.Na.H/c7-1-2(8)4(10)6(12)5(11)3(1)9;7-5-3-1-2-4-6(5)8;;/h12H;1-4,8H;;/q;;+1;-1. The number of aromatic hydroxyl groups is 2. The van der Waals surface area contributed by atoms with E-state index in [1.165, 1.54) is 0 Å². The van der Waals surface area contributed by atoms with Crippen molar-refractivity contribution < 1.29 is 41.2 Å². The Morgan fingerprint density at radius 2 is 1.05 bits per heavy atom. The first-order chi connectivity index (χ1) is 9.27. The summed E-state index contributed by atoms with van der Waals surface area (Å²) in [5, 5.41) is 18.2. The number of phenolic OH excluding ortho intramolecular Hbond substituents is 2. The van der Waals surface area contributed by atoms with Crippen LogP contribution in [0.3, 0.4) is 0 Å². The van der Waals surface area contributed by atoms with Crippen LogP contribution in [0.2, 0.25) is 30.1 Å². The number of rotatable bonds is 0.